The molecule has 4 nitrogen and oxygen atoms in total. The highest BCUT2D eigenvalue weighted by atomic mass is 16.1. The second kappa shape index (κ2) is 3.98. The minimum atomic E-state index is -0.127. The van der Waals surface area contributed by atoms with Crippen molar-refractivity contribution in [3.05, 3.63) is 23.8 Å². The van der Waals surface area contributed by atoms with Crippen LogP contribution in [0.4, 0.5) is 0 Å². The van der Waals surface area contributed by atoms with Crippen LogP contribution in [0.3, 0.4) is 0 Å². The number of aromatic nitrogens is 2. The van der Waals surface area contributed by atoms with E-state index in [9.17, 15) is 4.79 Å². The standard InChI is InChI=1S/C9H13N3O/c1-6-4-10-9(11-5-6)7(2)12-8(3)13/h4-5,7H,1-3H3,(H,12,13)/t7-/m1/s1. The highest BCUT2D eigenvalue weighted by Crippen LogP contribution is 2.05. The molecule has 70 valence electrons. The number of nitrogens with one attached hydrogen (secondary N) is 1. The van der Waals surface area contributed by atoms with Crippen molar-refractivity contribution < 1.29 is 4.79 Å². The van der Waals surface area contributed by atoms with Gasteiger partial charge in [0.25, 0.3) is 0 Å². The van der Waals surface area contributed by atoms with Gasteiger partial charge in [-0.1, -0.05) is 0 Å². The first-order valence-electron chi connectivity index (χ1n) is 4.15. The Labute approximate surface area is 77.4 Å². The Morgan fingerprint density at radius 3 is 2.46 bits per heavy atom. The van der Waals surface area contributed by atoms with Crippen molar-refractivity contribution >= 4 is 5.91 Å². The molecule has 13 heavy (non-hydrogen) atoms. The van der Waals surface area contributed by atoms with Crippen molar-refractivity contribution in [2.24, 2.45) is 0 Å². The van der Waals surface area contributed by atoms with Gasteiger partial charge in [-0.25, -0.2) is 9.97 Å². The van der Waals surface area contributed by atoms with E-state index in [2.05, 4.69) is 15.3 Å². The van der Waals surface area contributed by atoms with Crippen LogP contribution in [0.15, 0.2) is 12.4 Å². The van der Waals surface area contributed by atoms with Gasteiger partial charge in [0.05, 0.1) is 6.04 Å². The Kier molecular flexibility index (Phi) is 2.95. The van der Waals surface area contributed by atoms with Crippen LogP contribution in [0.25, 0.3) is 0 Å². The van der Waals surface area contributed by atoms with Gasteiger partial charge in [-0.2, -0.15) is 0 Å². The summed E-state index contributed by atoms with van der Waals surface area (Å²) < 4.78 is 0. The third-order valence-corrected chi connectivity index (χ3v) is 1.61. The minimum Gasteiger partial charge on any atom is -0.347 e. The molecule has 1 heterocycles. The van der Waals surface area contributed by atoms with E-state index in [-0.39, 0.29) is 11.9 Å². The van der Waals surface area contributed by atoms with Gasteiger partial charge in [0.15, 0.2) is 0 Å². The van der Waals surface area contributed by atoms with Crippen LogP contribution in [-0.4, -0.2) is 15.9 Å². The van der Waals surface area contributed by atoms with E-state index in [0.717, 1.165) is 5.56 Å². The molecule has 0 spiro atoms. The van der Waals surface area contributed by atoms with Gasteiger partial charge >= 0.3 is 0 Å². The van der Waals surface area contributed by atoms with Crippen LogP contribution in [0.5, 0.6) is 0 Å². The van der Waals surface area contributed by atoms with Crippen molar-refractivity contribution in [1.29, 1.82) is 0 Å². The summed E-state index contributed by atoms with van der Waals surface area (Å²) in [6.07, 6.45) is 3.47. The number of hydrogen-bond acceptors (Lipinski definition) is 3. The van der Waals surface area contributed by atoms with Crippen LogP contribution in [0.1, 0.15) is 31.3 Å². The fourth-order valence-corrected chi connectivity index (χ4v) is 0.996. The molecule has 0 bridgehead atoms. The molecule has 0 unspecified atom stereocenters. The molecule has 0 saturated carbocycles. The van der Waals surface area contributed by atoms with Crippen molar-refractivity contribution in [2.45, 2.75) is 26.8 Å². The van der Waals surface area contributed by atoms with E-state index < -0.39 is 0 Å². The molecule has 0 fully saturated rings. The highest BCUT2D eigenvalue weighted by molar-refractivity contribution is 5.73. The highest BCUT2D eigenvalue weighted by Gasteiger charge is 2.08. The normalized spacial score (nSPS) is 12.2. The van der Waals surface area contributed by atoms with E-state index in [1.54, 1.807) is 12.4 Å². The first-order valence-corrected chi connectivity index (χ1v) is 4.15. The van der Waals surface area contributed by atoms with E-state index in [1.807, 2.05) is 13.8 Å². The van der Waals surface area contributed by atoms with Crippen LogP contribution < -0.4 is 5.32 Å². The number of aryl methyl sites for hydroxylation is 1. The van der Waals surface area contributed by atoms with E-state index in [4.69, 9.17) is 0 Å². The first-order chi connectivity index (χ1) is 6.09. The first kappa shape index (κ1) is 9.64. The molecule has 1 N–H and O–H groups in total. The second-order valence-electron chi connectivity index (χ2n) is 3.04. The molecular formula is C9H13N3O. The molecule has 1 amide bonds. The molecule has 4 heteroatoms. The second-order valence-corrected chi connectivity index (χ2v) is 3.04. The molecule has 1 rings (SSSR count). The number of carbonyl (C=O) groups is 1. The van der Waals surface area contributed by atoms with Gasteiger partial charge in [0.1, 0.15) is 5.82 Å². The van der Waals surface area contributed by atoms with Crippen molar-refractivity contribution in [3.8, 4) is 0 Å². The summed E-state index contributed by atoms with van der Waals surface area (Å²) >= 11 is 0. The number of rotatable bonds is 2. The maximum Gasteiger partial charge on any atom is 0.217 e. The maximum absolute atomic E-state index is 10.7. The maximum atomic E-state index is 10.7. The Balaban J connectivity index is 2.71. The van der Waals surface area contributed by atoms with Crippen molar-refractivity contribution in [3.63, 3.8) is 0 Å². The van der Waals surface area contributed by atoms with Gasteiger partial charge in [-0.15, -0.1) is 0 Å². The molecule has 0 aliphatic carbocycles. The van der Waals surface area contributed by atoms with Crippen molar-refractivity contribution in [2.75, 3.05) is 0 Å². The Bertz CT molecular complexity index is 294. The molecule has 0 saturated heterocycles. The lowest BCUT2D eigenvalue weighted by atomic mass is 10.3. The van der Waals surface area contributed by atoms with E-state index >= 15 is 0 Å². The van der Waals surface area contributed by atoms with Gasteiger partial charge in [0, 0.05) is 19.3 Å². The van der Waals surface area contributed by atoms with E-state index in [1.165, 1.54) is 6.92 Å². The molecule has 0 aliphatic rings. The van der Waals surface area contributed by atoms with Crippen LogP contribution in [0.2, 0.25) is 0 Å². The fourth-order valence-electron chi connectivity index (χ4n) is 0.996. The Morgan fingerprint density at radius 2 is 2.00 bits per heavy atom. The lowest BCUT2D eigenvalue weighted by molar-refractivity contribution is -0.119. The van der Waals surface area contributed by atoms with Crippen LogP contribution in [-0.2, 0) is 4.79 Å². The molecule has 1 aromatic rings. The van der Waals surface area contributed by atoms with Crippen LogP contribution >= 0.6 is 0 Å². The number of nitrogens with zero attached hydrogens (tertiary/aromatic N) is 2. The minimum absolute atomic E-state index is 0.0725. The molecule has 0 aromatic carbocycles. The molecule has 0 aliphatic heterocycles. The summed E-state index contributed by atoms with van der Waals surface area (Å²) in [6, 6.07) is -0.127. The monoisotopic (exact) mass is 179 g/mol. The molecular weight excluding hydrogens is 166 g/mol. The summed E-state index contributed by atoms with van der Waals surface area (Å²) in [5, 5.41) is 2.71. The molecule has 1 aromatic heterocycles. The molecule has 0 radical (unpaired) electrons. The summed E-state index contributed by atoms with van der Waals surface area (Å²) in [5.74, 6) is 0.567. The summed E-state index contributed by atoms with van der Waals surface area (Å²) in [4.78, 5) is 18.9. The lowest BCUT2D eigenvalue weighted by Gasteiger charge is -2.10. The summed E-state index contributed by atoms with van der Waals surface area (Å²) in [7, 11) is 0. The van der Waals surface area contributed by atoms with Crippen molar-refractivity contribution in [1.82, 2.24) is 15.3 Å². The Morgan fingerprint density at radius 1 is 1.46 bits per heavy atom. The SMILES string of the molecule is CC(=O)N[C@H](C)c1ncc(C)cn1. The predicted molar refractivity (Wildman–Crippen MR) is 49.0 cm³/mol. The van der Waals surface area contributed by atoms with Gasteiger partial charge < -0.3 is 5.32 Å². The van der Waals surface area contributed by atoms with Gasteiger partial charge in [-0.05, 0) is 19.4 Å². The third kappa shape index (κ3) is 2.82. The third-order valence-electron chi connectivity index (χ3n) is 1.61. The van der Waals surface area contributed by atoms with E-state index in [0.29, 0.717) is 5.82 Å². The quantitative estimate of drug-likeness (QED) is 0.736. The fraction of sp³-hybridized carbons (Fsp3) is 0.444. The Hall–Kier alpha value is -1.45. The topological polar surface area (TPSA) is 54.9 Å². The zero-order valence-corrected chi connectivity index (χ0v) is 8.03. The van der Waals surface area contributed by atoms with Gasteiger partial charge in [0.2, 0.25) is 5.91 Å². The zero-order chi connectivity index (χ0) is 9.84. The molecule has 1 atom stereocenters. The largest absolute Gasteiger partial charge is 0.347 e. The predicted octanol–water partition coefficient (Wildman–Crippen LogP) is 0.982. The lowest BCUT2D eigenvalue weighted by Crippen LogP contribution is -2.25. The number of carbonyl (C=O) groups excluding carboxylic acids is 1. The smallest absolute Gasteiger partial charge is 0.217 e. The average molecular weight is 179 g/mol. The zero-order valence-electron chi connectivity index (χ0n) is 8.03. The summed E-state index contributed by atoms with van der Waals surface area (Å²) in [5.41, 5.74) is 1.01. The average Bonchev–Trinajstić information content (AvgIpc) is 2.04. The number of amides is 1. The van der Waals surface area contributed by atoms with Gasteiger partial charge in [-0.3, -0.25) is 4.79 Å². The number of hydrogen-bond donors (Lipinski definition) is 1. The summed E-state index contributed by atoms with van der Waals surface area (Å²) in [6.45, 7) is 5.25. The van der Waals surface area contributed by atoms with Crippen LogP contribution in [0, 0.1) is 6.92 Å².